The van der Waals surface area contributed by atoms with Crippen molar-refractivity contribution >= 4 is 40.9 Å². The van der Waals surface area contributed by atoms with Gasteiger partial charge in [-0.1, -0.05) is 32.1 Å². The number of carbonyl (C=O) groups excluding carboxylic acids is 1. The Kier molecular flexibility index (Phi) is 8.98. The van der Waals surface area contributed by atoms with E-state index in [1.54, 1.807) is 30.3 Å². The van der Waals surface area contributed by atoms with Gasteiger partial charge in [-0.3, -0.25) is 9.59 Å². The van der Waals surface area contributed by atoms with Gasteiger partial charge in [-0.25, -0.2) is 4.98 Å². The van der Waals surface area contributed by atoms with Crippen LogP contribution < -0.4 is 21.9 Å². The maximum absolute atomic E-state index is 12.6. The molecule has 0 aliphatic carbocycles. The predicted octanol–water partition coefficient (Wildman–Crippen LogP) is 2.70. The molecule has 0 radical (unpaired) electrons. The fraction of sp³-hybridized carbons (Fsp3) is 0.269. The van der Waals surface area contributed by atoms with Gasteiger partial charge < -0.3 is 20.2 Å². The average Bonchev–Trinajstić information content (AvgIpc) is 3.11. The molecule has 0 unspecified atom stereocenters. The number of H-pyrrole nitrogens is 1. The minimum absolute atomic E-state index is 0.130. The van der Waals surface area contributed by atoms with Gasteiger partial charge in [-0.2, -0.15) is 0 Å². The molecule has 3 aromatic rings. The van der Waals surface area contributed by atoms with Crippen molar-refractivity contribution < 1.29 is 4.79 Å². The Morgan fingerprint density at radius 3 is 2.70 bits per heavy atom. The van der Waals surface area contributed by atoms with Crippen LogP contribution in [0, 0.1) is 0 Å². The standard InChI is InChI=1S/C24H27N5O2.C2H6/c1-5-7-8-17-12-18(29(4)21(17)6-2)15-28(3)23(31)10-9-16-11-19-20(25)13-22(30)27-24(19)26-14-16;1-2/h5-6,8-14H,1,7,15H2,2-4H3,(H3,25,26,27,30);1-2H3/b10-9+,17-8?,21-6+;. The van der Waals surface area contributed by atoms with Crippen molar-refractivity contribution in [2.24, 2.45) is 7.05 Å². The van der Waals surface area contributed by atoms with Gasteiger partial charge in [0.05, 0.1) is 6.54 Å². The summed E-state index contributed by atoms with van der Waals surface area (Å²) in [7, 11) is 3.77. The first-order chi connectivity index (χ1) is 15.8. The molecule has 3 heterocycles. The molecule has 33 heavy (non-hydrogen) atoms. The molecule has 174 valence electrons. The zero-order chi connectivity index (χ0) is 24.5. The molecule has 1 amide bonds. The van der Waals surface area contributed by atoms with Crippen molar-refractivity contribution in [3.8, 4) is 0 Å². The van der Waals surface area contributed by atoms with E-state index < -0.39 is 0 Å². The first-order valence-corrected chi connectivity index (χ1v) is 11.0. The third kappa shape index (κ3) is 6.10. The number of likely N-dealkylation sites (N-methyl/N-ethyl adjacent to an activating group) is 1. The molecule has 0 aliphatic heterocycles. The van der Waals surface area contributed by atoms with Crippen LogP contribution in [0.3, 0.4) is 0 Å². The minimum atomic E-state index is -0.299. The number of nitrogens with two attached hydrogens (primary N) is 1. The zero-order valence-corrected chi connectivity index (χ0v) is 20.1. The molecule has 0 bridgehead atoms. The Hall–Kier alpha value is -3.87. The van der Waals surface area contributed by atoms with Crippen LogP contribution in [0.4, 0.5) is 5.69 Å². The number of hydrogen-bond donors (Lipinski definition) is 2. The molecule has 0 saturated heterocycles. The highest BCUT2D eigenvalue weighted by Crippen LogP contribution is 2.17. The van der Waals surface area contributed by atoms with Gasteiger partial charge in [0, 0.05) is 54.6 Å². The van der Waals surface area contributed by atoms with Gasteiger partial charge in [0.1, 0.15) is 5.65 Å². The number of anilines is 1. The van der Waals surface area contributed by atoms with Gasteiger partial charge in [0.2, 0.25) is 5.91 Å². The fourth-order valence-electron chi connectivity index (χ4n) is 3.46. The Labute approximate surface area is 194 Å². The van der Waals surface area contributed by atoms with Gasteiger partial charge in [-0.15, -0.1) is 6.58 Å². The van der Waals surface area contributed by atoms with E-state index in [4.69, 9.17) is 5.73 Å². The summed E-state index contributed by atoms with van der Waals surface area (Å²) in [5.41, 5.74) is 8.14. The molecule has 0 aliphatic rings. The number of aromatic amines is 1. The van der Waals surface area contributed by atoms with Crippen LogP contribution in [0.1, 0.15) is 38.4 Å². The van der Waals surface area contributed by atoms with Crippen molar-refractivity contribution in [3.05, 3.63) is 75.3 Å². The Morgan fingerprint density at radius 1 is 1.30 bits per heavy atom. The molecule has 0 fully saturated rings. The second-order valence-corrected chi connectivity index (χ2v) is 7.33. The monoisotopic (exact) mass is 447 g/mol. The van der Waals surface area contributed by atoms with Crippen LogP contribution in [-0.2, 0) is 18.4 Å². The number of nitrogens with one attached hydrogen (secondary N) is 1. The van der Waals surface area contributed by atoms with E-state index >= 15 is 0 Å². The lowest BCUT2D eigenvalue weighted by Crippen LogP contribution is -2.29. The second-order valence-electron chi connectivity index (χ2n) is 7.33. The Morgan fingerprint density at radius 2 is 2.03 bits per heavy atom. The van der Waals surface area contributed by atoms with Gasteiger partial charge in [0.15, 0.2) is 0 Å². The van der Waals surface area contributed by atoms with E-state index in [0.29, 0.717) is 23.3 Å². The number of nitrogen functional groups attached to an aromatic ring is 1. The van der Waals surface area contributed by atoms with Crippen molar-refractivity contribution in [2.75, 3.05) is 12.8 Å². The molecule has 7 heteroatoms. The van der Waals surface area contributed by atoms with Crippen LogP contribution >= 0.6 is 0 Å². The predicted molar refractivity (Wildman–Crippen MR) is 138 cm³/mol. The number of aromatic nitrogens is 3. The third-order valence-corrected chi connectivity index (χ3v) is 5.13. The molecule has 0 atom stereocenters. The molecule has 0 aromatic carbocycles. The number of allylic oxidation sites excluding steroid dienone is 1. The number of pyridine rings is 2. The van der Waals surface area contributed by atoms with Crippen molar-refractivity contribution in [1.29, 1.82) is 0 Å². The lowest BCUT2D eigenvalue weighted by Gasteiger charge is -2.15. The zero-order valence-electron chi connectivity index (χ0n) is 20.1. The second kappa shape index (κ2) is 11.7. The summed E-state index contributed by atoms with van der Waals surface area (Å²) >= 11 is 0. The highest BCUT2D eigenvalue weighted by Gasteiger charge is 2.10. The van der Waals surface area contributed by atoms with E-state index in [2.05, 4.69) is 39.3 Å². The average molecular weight is 448 g/mol. The van der Waals surface area contributed by atoms with Crippen LogP contribution in [0.2, 0.25) is 0 Å². The first-order valence-electron chi connectivity index (χ1n) is 11.0. The van der Waals surface area contributed by atoms with Gasteiger partial charge >= 0.3 is 0 Å². The number of fused-ring (bicyclic) bond motifs is 1. The van der Waals surface area contributed by atoms with Gasteiger partial charge in [-0.05, 0) is 42.3 Å². The van der Waals surface area contributed by atoms with Gasteiger partial charge in [0.25, 0.3) is 5.56 Å². The summed E-state index contributed by atoms with van der Waals surface area (Å²) in [6, 6.07) is 5.21. The molecular formula is C26H33N5O2. The number of nitrogens with zero attached hydrogens (tertiary/aromatic N) is 3. The lowest BCUT2D eigenvalue weighted by atomic mass is 10.2. The molecular weight excluding hydrogens is 414 g/mol. The SMILES string of the molecule is C=CCC=c1cc(CN(C)C(=O)/C=C/c2cnc3[nH]c(=O)cc(N)c3c2)n(C)/c1=C/C.CC. The number of carbonyl (C=O) groups is 1. The van der Waals surface area contributed by atoms with Crippen LogP contribution in [-0.4, -0.2) is 32.4 Å². The van der Waals surface area contributed by atoms with E-state index in [1.165, 1.54) is 12.1 Å². The topological polar surface area (TPSA) is 97.0 Å². The van der Waals surface area contributed by atoms with Crippen molar-refractivity contribution in [1.82, 2.24) is 19.4 Å². The minimum Gasteiger partial charge on any atom is -0.398 e. The number of hydrogen-bond acceptors (Lipinski definition) is 4. The molecule has 3 N–H and O–H groups in total. The van der Waals surface area contributed by atoms with E-state index in [1.807, 2.05) is 33.9 Å². The normalized spacial score (nSPS) is 12.2. The Bertz CT molecular complexity index is 1350. The lowest BCUT2D eigenvalue weighted by molar-refractivity contribution is -0.125. The summed E-state index contributed by atoms with van der Waals surface area (Å²) in [5, 5.41) is 2.89. The van der Waals surface area contributed by atoms with Crippen molar-refractivity contribution in [2.45, 2.75) is 33.7 Å². The molecule has 0 saturated carbocycles. The summed E-state index contributed by atoms with van der Waals surface area (Å²) in [5.74, 6) is -0.130. The van der Waals surface area contributed by atoms with E-state index in [-0.39, 0.29) is 11.5 Å². The fourth-order valence-corrected chi connectivity index (χ4v) is 3.46. The van der Waals surface area contributed by atoms with E-state index in [0.717, 1.165) is 28.2 Å². The molecule has 3 aromatic heterocycles. The Balaban J connectivity index is 0.00000187. The first kappa shape index (κ1) is 25.4. The summed E-state index contributed by atoms with van der Waals surface area (Å²) in [4.78, 5) is 32.7. The highest BCUT2D eigenvalue weighted by molar-refractivity contribution is 5.93. The van der Waals surface area contributed by atoms with E-state index in [9.17, 15) is 9.59 Å². The van der Waals surface area contributed by atoms with Crippen LogP contribution in [0.5, 0.6) is 0 Å². The van der Waals surface area contributed by atoms with Crippen LogP contribution in [0.25, 0.3) is 29.3 Å². The maximum Gasteiger partial charge on any atom is 0.251 e. The summed E-state index contributed by atoms with van der Waals surface area (Å²) in [6.07, 6.45) is 11.6. The number of rotatable bonds is 6. The third-order valence-electron chi connectivity index (χ3n) is 5.13. The molecule has 0 spiro atoms. The highest BCUT2D eigenvalue weighted by atomic mass is 16.2. The smallest absolute Gasteiger partial charge is 0.251 e. The summed E-state index contributed by atoms with van der Waals surface area (Å²) in [6.45, 7) is 10.2. The van der Waals surface area contributed by atoms with Crippen LogP contribution in [0.15, 0.2) is 47.9 Å². The number of amides is 1. The quantitative estimate of drug-likeness (QED) is 0.448. The molecule has 3 rings (SSSR count). The maximum atomic E-state index is 12.6. The molecule has 7 nitrogen and oxygen atoms in total. The summed E-state index contributed by atoms with van der Waals surface area (Å²) < 4.78 is 2.10. The largest absolute Gasteiger partial charge is 0.398 e. The van der Waals surface area contributed by atoms with Crippen molar-refractivity contribution in [3.63, 3.8) is 0 Å².